The van der Waals surface area contributed by atoms with Crippen LogP contribution in [0.5, 0.6) is 0 Å². The highest BCUT2D eigenvalue weighted by molar-refractivity contribution is 7.92. The summed E-state index contributed by atoms with van der Waals surface area (Å²) in [4.78, 5) is 10.8. The summed E-state index contributed by atoms with van der Waals surface area (Å²) in [6, 6.07) is 2.43. The van der Waals surface area contributed by atoms with Crippen LogP contribution in [0.15, 0.2) is 34.0 Å². The number of carboxylic acids is 1. The van der Waals surface area contributed by atoms with E-state index in [2.05, 4.69) is 14.4 Å². The molecule has 0 fully saturated rings. The zero-order valence-electron chi connectivity index (χ0n) is 9.90. The number of carbonyl (C=O) groups is 1. The third-order valence-electron chi connectivity index (χ3n) is 2.42. The van der Waals surface area contributed by atoms with E-state index in [-0.39, 0.29) is 16.4 Å². The van der Waals surface area contributed by atoms with E-state index in [0.717, 1.165) is 6.07 Å². The number of hydrogen-bond acceptors (Lipinski definition) is 5. The molecule has 0 saturated heterocycles. The Morgan fingerprint density at radius 2 is 2.32 bits per heavy atom. The lowest BCUT2D eigenvalue weighted by Crippen LogP contribution is -2.12. The Morgan fingerprint density at radius 1 is 1.58 bits per heavy atom. The SMILES string of the molecule is CCn1cc(S(=O)(=O)Nc2ccon2)cc1C(=O)O. The lowest BCUT2D eigenvalue weighted by Gasteiger charge is -2.01. The number of nitrogens with zero attached hydrogens (tertiary/aromatic N) is 2. The first-order chi connectivity index (χ1) is 8.94. The van der Waals surface area contributed by atoms with E-state index in [0.29, 0.717) is 6.54 Å². The van der Waals surface area contributed by atoms with Gasteiger partial charge in [0.1, 0.15) is 16.9 Å². The molecule has 0 atom stereocenters. The minimum absolute atomic E-state index is 0.0288. The Hall–Kier alpha value is -2.29. The van der Waals surface area contributed by atoms with Gasteiger partial charge in [-0.1, -0.05) is 5.16 Å². The molecule has 2 aromatic rings. The van der Waals surface area contributed by atoms with Crippen LogP contribution in [0.1, 0.15) is 17.4 Å². The van der Waals surface area contributed by atoms with Crippen LogP contribution in [0.25, 0.3) is 0 Å². The van der Waals surface area contributed by atoms with E-state index >= 15 is 0 Å². The number of aromatic nitrogens is 2. The molecule has 2 aromatic heterocycles. The molecule has 0 spiro atoms. The van der Waals surface area contributed by atoms with Gasteiger partial charge in [0.05, 0.1) is 0 Å². The fourth-order valence-electron chi connectivity index (χ4n) is 1.53. The van der Waals surface area contributed by atoms with Gasteiger partial charge in [-0.3, -0.25) is 4.72 Å². The first kappa shape index (κ1) is 13.1. The average molecular weight is 285 g/mol. The van der Waals surface area contributed by atoms with Crippen LogP contribution in [-0.4, -0.2) is 29.2 Å². The lowest BCUT2D eigenvalue weighted by atomic mass is 10.4. The second-order valence-electron chi connectivity index (χ2n) is 3.64. The van der Waals surface area contributed by atoms with E-state index in [1.54, 1.807) is 6.92 Å². The second-order valence-corrected chi connectivity index (χ2v) is 5.32. The zero-order chi connectivity index (χ0) is 14.0. The summed E-state index contributed by atoms with van der Waals surface area (Å²) in [7, 11) is -3.89. The van der Waals surface area contributed by atoms with Crippen molar-refractivity contribution in [2.24, 2.45) is 0 Å². The number of sulfonamides is 1. The Kier molecular flexibility index (Phi) is 3.30. The smallest absolute Gasteiger partial charge is 0.352 e. The largest absolute Gasteiger partial charge is 0.477 e. The maximum absolute atomic E-state index is 12.0. The molecule has 102 valence electrons. The number of hydrogen-bond donors (Lipinski definition) is 2. The van der Waals surface area contributed by atoms with Crippen LogP contribution in [0.3, 0.4) is 0 Å². The number of rotatable bonds is 5. The number of nitrogens with one attached hydrogen (secondary N) is 1. The van der Waals surface area contributed by atoms with Crippen LogP contribution in [0.2, 0.25) is 0 Å². The molecule has 19 heavy (non-hydrogen) atoms. The number of aromatic carboxylic acids is 1. The number of aryl methyl sites for hydroxylation is 1. The van der Waals surface area contributed by atoms with Gasteiger partial charge in [0, 0.05) is 18.8 Å². The zero-order valence-corrected chi connectivity index (χ0v) is 10.7. The molecule has 0 aromatic carbocycles. The molecule has 2 N–H and O–H groups in total. The third kappa shape index (κ3) is 2.60. The van der Waals surface area contributed by atoms with Crippen molar-refractivity contribution in [2.75, 3.05) is 4.72 Å². The molecule has 2 heterocycles. The van der Waals surface area contributed by atoms with Crippen LogP contribution >= 0.6 is 0 Å². The normalized spacial score (nSPS) is 11.4. The summed E-state index contributed by atoms with van der Waals surface area (Å²) < 4.78 is 32.0. The molecule has 0 aliphatic carbocycles. The van der Waals surface area contributed by atoms with Gasteiger partial charge < -0.3 is 14.2 Å². The summed E-state index contributed by atoms with van der Waals surface area (Å²) in [5.74, 6) is -1.16. The standard InChI is InChI=1S/C10H11N3O5S/c1-2-13-6-7(5-8(13)10(14)15)19(16,17)12-9-3-4-18-11-9/h3-6H,2H2,1H3,(H,11,12)(H,14,15). The Bertz CT molecular complexity index is 687. The number of anilines is 1. The van der Waals surface area contributed by atoms with Gasteiger partial charge in [-0.05, 0) is 13.0 Å². The highest BCUT2D eigenvalue weighted by Gasteiger charge is 2.21. The molecule has 0 unspecified atom stereocenters. The minimum Gasteiger partial charge on any atom is -0.477 e. The van der Waals surface area contributed by atoms with Gasteiger partial charge >= 0.3 is 5.97 Å². The van der Waals surface area contributed by atoms with Crippen molar-refractivity contribution in [3.8, 4) is 0 Å². The van der Waals surface area contributed by atoms with Crippen LogP contribution < -0.4 is 4.72 Å². The van der Waals surface area contributed by atoms with Crippen LogP contribution in [0, 0.1) is 0 Å². The van der Waals surface area contributed by atoms with E-state index in [9.17, 15) is 13.2 Å². The predicted octanol–water partition coefficient (Wildman–Crippen LogP) is 0.995. The highest BCUT2D eigenvalue weighted by atomic mass is 32.2. The molecule has 9 heteroatoms. The quantitative estimate of drug-likeness (QED) is 0.846. The van der Waals surface area contributed by atoms with Gasteiger partial charge in [-0.15, -0.1) is 0 Å². The molecule has 0 aliphatic rings. The topological polar surface area (TPSA) is 114 Å². The van der Waals surface area contributed by atoms with E-state index in [1.165, 1.54) is 23.1 Å². The first-order valence-electron chi connectivity index (χ1n) is 5.30. The summed E-state index contributed by atoms with van der Waals surface area (Å²) in [6.07, 6.45) is 2.48. The summed E-state index contributed by atoms with van der Waals surface area (Å²) in [5.41, 5.74) is -0.0944. The van der Waals surface area contributed by atoms with Gasteiger partial charge in [0.25, 0.3) is 10.0 Å². The first-order valence-corrected chi connectivity index (χ1v) is 6.79. The van der Waals surface area contributed by atoms with E-state index in [4.69, 9.17) is 5.11 Å². The summed E-state index contributed by atoms with van der Waals surface area (Å²) in [5, 5.41) is 12.4. The molecule has 0 aliphatic heterocycles. The van der Waals surface area contributed by atoms with Crippen molar-refractivity contribution in [2.45, 2.75) is 18.4 Å². The van der Waals surface area contributed by atoms with E-state index < -0.39 is 16.0 Å². The fourth-order valence-corrected chi connectivity index (χ4v) is 2.56. The van der Waals surface area contributed by atoms with Crippen molar-refractivity contribution < 1.29 is 22.8 Å². The van der Waals surface area contributed by atoms with Gasteiger partial charge in [-0.25, -0.2) is 13.2 Å². The molecular formula is C10H11N3O5S. The molecule has 0 bridgehead atoms. The monoisotopic (exact) mass is 285 g/mol. The van der Waals surface area contributed by atoms with Crippen LogP contribution in [-0.2, 0) is 16.6 Å². The molecule has 2 rings (SSSR count). The van der Waals surface area contributed by atoms with Crippen molar-refractivity contribution in [1.82, 2.24) is 9.72 Å². The molecule has 0 amide bonds. The molecular weight excluding hydrogens is 274 g/mol. The predicted molar refractivity (Wildman–Crippen MR) is 64.4 cm³/mol. The second kappa shape index (κ2) is 4.76. The average Bonchev–Trinajstić information content (AvgIpc) is 2.95. The number of carboxylic acid groups (broad SMARTS) is 1. The maximum Gasteiger partial charge on any atom is 0.352 e. The minimum atomic E-state index is -3.89. The molecule has 0 saturated carbocycles. The van der Waals surface area contributed by atoms with Gasteiger partial charge in [0.15, 0.2) is 5.82 Å². The fraction of sp³-hybridized carbons (Fsp3) is 0.200. The van der Waals surface area contributed by atoms with Gasteiger partial charge in [0.2, 0.25) is 0 Å². The summed E-state index contributed by atoms with van der Waals surface area (Å²) in [6.45, 7) is 2.06. The molecule has 8 nitrogen and oxygen atoms in total. The Balaban J connectivity index is 2.38. The third-order valence-corrected chi connectivity index (χ3v) is 3.74. The van der Waals surface area contributed by atoms with Gasteiger partial charge in [-0.2, -0.15) is 0 Å². The molecule has 0 radical (unpaired) electrons. The Labute approximate surface area is 108 Å². The van der Waals surface area contributed by atoms with Crippen molar-refractivity contribution >= 4 is 21.8 Å². The van der Waals surface area contributed by atoms with Crippen molar-refractivity contribution in [1.29, 1.82) is 0 Å². The van der Waals surface area contributed by atoms with Crippen molar-refractivity contribution in [3.05, 3.63) is 30.3 Å². The maximum atomic E-state index is 12.0. The van der Waals surface area contributed by atoms with Crippen molar-refractivity contribution in [3.63, 3.8) is 0 Å². The van der Waals surface area contributed by atoms with Crippen LogP contribution in [0.4, 0.5) is 5.82 Å². The van der Waals surface area contributed by atoms with E-state index in [1.807, 2.05) is 0 Å². The highest BCUT2D eigenvalue weighted by Crippen LogP contribution is 2.18. The Morgan fingerprint density at radius 3 is 2.79 bits per heavy atom. The summed E-state index contributed by atoms with van der Waals surface area (Å²) >= 11 is 0. The lowest BCUT2D eigenvalue weighted by molar-refractivity contribution is 0.0685.